The first-order valence-electron chi connectivity index (χ1n) is 9.42. The van der Waals surface area contributed by atoms with Gasteiger partial charge in [-0.3, -0.25) is 0 Å². The summed E-state index contributed by atoms with van der Waals surface area (Å²) in [6.45, 7) is 8.30. The molecule has 0 unspecified atom stereocenters. The Labute approximate surface area is 148 Å². The van der Waals surface area contributed by atoms with E-state index in [1.165, 1.54) is 43.2 Å². The van der Waals surface area contributed by atoms with Crippen molar-refractivity contribution in [3.05, 3.63) is 41.0 Å². The lowest BCUT2D eigenvalue weighted by molar-refractivity contribution is 0.465. The van der Waals surface area contributed by atoms with Crippen LogP contribution in [0.25, 0.3) is 12.2 Å². The van der Waals surface area contributed by atoms with E-state index in [1.807, 2.05) is 38.1 Å². The first kappa shape index (κ1) is 20.5. The van der Waals surface area contributed by atoms with Crippen LogP contribution in [-0.4, -0.2) is 18.3 Å². The minimum Gasteiger partial charge on any atom is -0.508 e. The number of ether oxygens (including phenoxy) is 1. The summed E-state index contributed by atoms with van der Waals surface area (Å²) in [5.41, 5.74) is 3.46. The molecule has 1 fully saturated rings. The molecule has 24 heavy (non-hydrogen) atoms. The molecule has 1 N–H and O–H groups in total. The van der Waals surface area contributed by atoms with E-state index in [9.17, 15) is 5.11 Å². The van der Waals surface area contributed by atoms with Gasteiger partial charge in [0.05, 0.1) is 13.2 Å². The van der Waals surface area contributed by atoms with Crippen LogP contribution in [0, 0.1) is 0 Å². The highest BCUT2D eigenvalue weighted by atomic mass is 16.6. The average Bonchev–Trinajstić information content (AvgIpc) is 3.44. The van der Waals surface area contributed by atoms with Crippen molar-refractivity contribution in [1.29, 1.82) is 0 Å². The van der Waals surface area contributed by atoms with Gasteiger partial charge in [-0.05, 0) is 43.9 Å². The Morgan fingerprint density at radius 1 is 0.958 bits per heavy atom. The Kier molecular flexibility index (Phi) is 11.0. The highest BCUT2D eigenvalue weighted by molar-refractivity contribution is 5.70. The van der Waals surface area contributed by atoms with Gasteiger partial charge in [-0.2, -0.15) is 0 Å². The Balaban J connectivity index is 0.000000857. The van der Waals surface area contributed by atoms with Crippen molar-refractivity contribution >= 4 is 12.2 Å². The molecule has 2 heteroatoms. The van der Waals surface area contributed by atoms with E-state index in [4.69, 9.17) is 0 Å². The minimum atomic E-state index is 0.435. The fourth-order valence-corrected chi connectivity index (χ4v) is 2.70. The third-order valence-corrected chi connectivity index (χ3v) is 4.03. The third kappa shape index (κ3) is 8.35. The quantitative estimate of drug-likeness (QED) is 0.421. The summed E-state index contributed by atoms with van der Waals surface area (Å²) in [7, 11) is 0. The molecule has 1 aliphatic heterocycles. The van der Waals surface area contributed by atoms with Gasteiger partial charge in [0.25, 0.3) is 0 Å². The normalized spacial score (nSPS) is 13.3. The van der Waals surface area contributed by atoms with E-state index in [1.54, 1.807) is 0 Å². The van der Waals surface area contributed by atoms with Gasteiger partial charge in [0.1, 0.15) is 5.75 Å². The molecule has 2 nitrogen and oxygen atoms in total. The zero-order valence-electron chi connectivity index (χ0n) is 15.7. The molecular formula is C22H34O2. The van der Waals surface area contributed by atoms with Crippen molar-refractivity contribution < 1.29 is 9.84 Å². The number of phenols is 1. The third-order valence-electron chi connectivity index (χ3n) is 4.03. The molecule has 0 saturated carbocycles. The van der Waals surface area contributed by atoms with Gasteiger partial charge in [0, 0.05) is 5.56 Å². The fraction of sp³-hybridized carbons (Fsp3) is 0.545. The van der Waals surface area contributed by atoms with Gasteiger partial charge < -0.3 is 9.84 Å². The van der Waals surface area contributed by atoms with Gasteiger partial charge in [0.15, 0.2) is 0 Å². The predicted octanol–water partition coefficient (Wildman–Crippen LogP) is 6.38. The van der Waals surface area contributed by atoms with Crippen molar-refractivity contribution in [2.75, 3.05) is 13.2 Å². The second-order valence-electron chi connectivity index (χ2n) is 6.20. The van der Waals surface area contributed by atoms with Crippen LogP contribution in [0.1, 0.15) is 76.0 Å². The molecule has 0 atom stereocenters. The van der Waals surface area contributed by atoms with E-state index in [-0.39, 0.29) is 0 Å². The molecule has 0 aromatic heterocycles. The fourth-order valence-electron chi connectivity index (χ4n) is 2.70. The number of hydrogen-bond donors (Lipinski definition) is 1. The number of allylic oxidation sites excluding steroid dienone is 2. The molecule has 1 saturated heterocycles. The van der Waals surface area contributed by atoms with Crippen molar-refractivity contribution in [2.45, 2.75) is 65.7 Å². The smallest absolute Gasteiger partial charge is 0.119 e. The monoisotopic (exact) mass is 330 g/mol. The molecule has 1 aliphatic rings. The molecule has 0 aliphatic carbocycles. The second-order valence-corrected chi connectivity index (χ2v) is 6.20. The molecule has 0 bridgehead atoms. The summed E-state index contributed by atoms with van der Waals surface area (Å²) in [4.78, 5) is 0. The van der Waals surface area contributed by atoms with Gasteiger partial charge >= 0.3 is 0 Å². The molecule has 2 rings (SSSR count). The van der Waals surface area contributed by atoms with E-state index in [2.05, 4.69) is 23.8 Å². The van der Waals surface area contributed by atoms with E-state index in [0.717, 1.165) is 31.6 Å². The lowest BCUT2D eigenvalue weighted by Gasteiger charge is -2.12. The molecule has 1 aromatic rings. The van der Waals surface area contributed by atoms with Gasteiger partial charge in [0.2, 0.25) is 0 Å². The van der Waals surface area contributed by atoms with Crippen LogP contribution in [0.5, 0.6) is 5.75 Å². The summed E-state index contributed by atoms with van der Waals surface area (Å²) >= 11 is 0. The van der Waals surface area contributed by atoms with Crippen LogP contribution in [0.15, 0.2) is 24.3 Å². The number of epoxide rings is 1. The lowest BCUT2D eigenvalue weighted by atomic mass is 9.94. The lowest BCUT2D eigenvalue weighted by Crippen LogP contribution is -1.94. The summed E-state index contributed by atoms with van der Waals surface area (Å²) in [5.74, 6) is 0.435. The first-order chi connectivity index (χ1) is 11.7. The minimum absolute atomic E-state index is 0.435. The SMILES string of the molecule is C/C=C\c1ccc(O)c(CCCCCCCC)c1/C=C\C.C1CO1. The Hall–Kier alpha value is -1.54. The van der Waals surface area contributed by atoms with Crippen LogP contribution < -0.4 is 0 Å². The Morgan fingerprint density at radius 2 is 1.58 bits per heavy atom. The van der Waals surface area contributed by atoms with Crippen LogP contribution in [0.2, 0.25) is 0 Å². The first-order valence-corrected chi connectivity index (χ1v) is 9.42. The molecule has 0 amide bonds. The summed E-state index contributed by atoms with van der Waals surface area (Å²) in [5, 5.41) is 10.2. The van der Waals surface area contributed by atoms with Gasteiger partial charge in [-0.25, -0.2) is 0 Å². The van der Waals surface area contributed by atoms with Crippen molar-refractivity contribution in [3.63, 3.8) is 0 Å². The maximum absolute atomic E-state index is 10.2. The van der Waals surface area contributed by atoms with Gasteiger partial charge in [-0.1, -0.05) is 69.4 Å². The zero-order valence-corrected chi connectivity index (χ0v) is 15.7. The van der Waals surface area contributed by atoms with Crippen LogP contribution in [0.4, 0.5) is 0 Å². The van der Waals surface area contributed by atoms with E-state index < -0.39 is 0 Å². The van der Waals surface area contributed by atoms with Crippen molar-refractivity contribution in [1.82, 2.24) is 0 Å². The van der Waals surface area contributed by atoms with Crippen LogP contribution in [-0.2, 0) is 11.2 Å². The highest BCUT2D eigenvalue weighted by Gasteiger charge is 2.09. The predicted molar refractivity (Wildman–Crippen MR) is 105 cm³/mol. The van der Waals surface area contributed by atoms with Gasteiger partial charge in [-0.15, -0.1) is 0 Å². The van der Waals surface area contributed by atoms with E-state index >= 15 is 0 Å². The molecular weight excluding hydrogens is 296 g/mol. The number of benzene rings is 1. The molecule has 1 heterocycles. The standard InChI is InChI=1S/C20H30O.C2H4O/c1-4-7-8-9-10-11-14-19-18(13-6-3)17(12-5-2)15-16-20(19)21;1-2-3-1/h5-6,12-13,15-16,21H,4,7-11,14H2,1-3H3;1-2H2/b12-5-,13-6-;. The van der Waals surface area contributed by atoms with Crippen molar-refractivity contribution in [2.24, 2.45) is 0 Å². The molecule has 0 radical (unpaired) electrons. The maximum atomic E-state index is 10.2. The number of hydrogen-bond acceptors (Lipinski definition) is 2. The highest BCUT2D eigenvalue weighted by Crippen LogP contribution is 2.29. The molecule has 0 spiro atoms. The van der Waals surface area contributed by atoms with Crippen LogP contribution in [0.3, 0.4) is 0 Å². The topological polar surface area (TPSA) is 32.8 Å². The van der Waals surface area contributed by atoms with E-state index in [0.29, 0.717) is 5.75 Å². The number of aromatic hydroxyl groups is 1. The largest absolute Gasteiger partial charge is 0.508 e. The second kappa shape index (κ2) is 12.8. The Bertz CT molecular complexity index is 510. The number of rotatable bonds is 9. The molecule has 134 valence electrons. The summed E-state index contributed by atoms with van der Waals surface area (Å²) in [6, 6.07) is 3.82. The summed E-state index contributed by atoms with van der Waals surface area (Å²) < 4.78 is 4.50. The zero-order chi connectivity index (χ0) is 17.6. The number of unbranched alkanes of at least 4 members (excludes halogenated alkanes) is 5. The van der Waals surface area contributed by atoms with Crippen LogP contribution >= 0.6 is 0 Å². The van der Waals surface area contributed by atoms with Crippen molar-refractivity contribution in [3.8, 4) is 5.75 Å². The maximum Gasteiger partial charge on any atom is 0.119 e. The molecule has 1 aromatic carbocycles. The Morgan fingerprint density at radius 3 is 2.17 bits per heavy atom. The number of phenolic OH excluding ortho intramolecular Hbond substituents is 1. The average molecular weight is 331 g/mol. The summed E-state index contributed by atoms with van der Waals surface area (Å²) in [6.07, 6.45) is 17.0.